The van der Waals surface area contributed by atoms with Crippen LogP contribution in [0.1, 0.15) is 16.8 Å². The van der Waals surface area contributed by atoms with Gasteiger partial charge in [0.25, 0.3) is 5.91 Å². The van der Waals surface area contributed by atoms with Gasteiger partial charge in [-0.25, -0.2) is 0 Å². The second kappa shape index (κ2) is 4.03. The molecule has 2 heterocycles. The molecule has 1 aliphatic heterocycles. The van der Waals surface area contributed by atoms with Gasteiger partial charge in [-0.3, -0.25) is 4.79 Å². The Hall–Kier alpha value is -2.00. The molecule has 1 aromatic heterocycles. The highest BCUT2D eigenvalue weighted by atomic mass is 35.5. The Morgan fingerprint density at radius 3 is 2.83 bits per heavy atom. The maximum atomic E-state index is 11.9. The minimum atomic E-state index is -0.0960. The topological polar surface area (TPSA) is 44.9 Å². The number of fused-ring (bicyclic) bond motifs is 1. The van der Waals surface area contributed by atoms with Crippen molar-refractivity contribution in [2.24, 2.45) is 0 Å². The summed E-state index contributed by atoms with van der Waals surface area (Å²) in [7, 11) is 0. The van der Waals surface area contributed by atoms with Crippen molar-refractivity contribution in [1.29, 1.82) is 0 Å². The van der Waals surface area contributed by atoms with E-state index in [1.807, 2.05) is 31.3 Å². The number of carbonyl (C=O) groups is 1. The van der Waals surface area contributed by atoms with Gasteiger partial charge in [0.1, 0.15) is 0 Å². The number of anilines is 1. The van der Waals surface area contributed by atoms with Crippen LogP contribution in [0.4, 0.5) is 5.69 Å². The number of hydrogen-bond acceptors (Lipinski definition) is 1. The number of hydrogen-bond donors (Lipinski definition) is 2. The summed E-state index contributed by atoms with van der Waals surface area (Å²) in [5.41, 5.74) is 4.33. The van der Waals surface area contributed by atoms with Gasteiger partial charge in [0.15, 0.2) is 0 Å². The van der Waals surface area contributed by atoms with Gasteiger partial charge in [-0.15, -0.1) is 0 Å². The summed E-state index contributed by atoms with van der Waals surface area (Å²) in [6.45, 7) is 1.99. The van der Waals surface area contributed by atoms with Crippen LogP contribution in [-0.2, 0) is 4.79 Å². The summed E-state index contributed by atoms with van der Waals surface area (Å²) >= 11 is 5.98. The van der Waals surface area contributed by atoms with Crippen molar-refractivity contribution in [3.8, 4) is 0 Å². The van der Waals surface area contributed by atoms with Gasteiger partial charge in [0.05, 0.1) is 5.57 Å². The molecule has 0 spiro atoms. The second-order valence-corrected chi connectivity index (χ2v) is 4.71. The van der Waals surface area contributed by atoms with Crippen LogP contribution in [0.5, 0.6) is 0 Å². The molecule has 2 N–H and O–H groups in total. The third-order valence-electron chi connectivity index (χ3n) is 3.05. The minimum absolute atomic E-state index is 0.0960. The molecule has 1 aliphatic rings. The minimum Gasteiger partial charge on any atom is -0.361 e. The lowest BCUT2D eigenvalue weighted by molar-refractivity contribution is -0.110. The van der Waals surface area contributed by atoms with Crippen molar-refractivity contribution in [1.82, 2.24) is 4.98 Å². The number of aryl methyl sites for hydroxylation is 1. The van der Waals surface area contributed by atoms with Crippen molar-refractivity contribution in [3.05, 3.63) is 52.3 Å². The molecule has 0 radical (unpaired) electrons. The molecule has 0 saturated carbocycles. The van der Waals surface area contributed by atoms with Crippen LogP contribution < -0.4 is 5.32 Å². The first kappa shape index (κ1) is 11.1. The molecule has 0 bridgehead atoms. The predicted molar refractivity (Wildman–Crippen MR) is 73.5 cm³/mol. The van der Waals surface area contributed by atoms with Gasteiger partial charge in [-0.1, -0.05) is 11.6 Å². The van der Waals surface area contributed by atoms with E-state index in [2.05, 4.69) is 10.3 Å². The molecule has 90 valence electrons. The van der Waals surface area contributed by atoms with E-state index in [1.54, 1.807) is 12.1 Å². The lowest BCUT2D eigenvalue weighted by Crippen LogP contribution is -2.03. The van der Waals surface area contributed by atoms with Crippen LogP contribution >= 0.6 is 11.6 Å². The molecule has 4 heteroatoms. The Labute approximate surface area is 109 Å². The average molecular weight is 259 g/mol. The average Bonchev–Trinajstić information content (AvgIpc) is 2.86. The predicted octanol–water partition coefficient (Wildman–Crippen LogP) is 3.47. The number of amides is 1. The Bertz CT molecular complexity index is 670. The summed E-state index contributed by atoms with van der Waals surface area (Å²) in [5, 5.41) is 3.45. The quantitative estimate of drug-likeness (QED) is 0.756. The zero-order chi connectivity index (χ0) is 12.7. The molecule has 18 heavy (non-hydrogen) atoms. The van der Waals surface area contributed by atoms with Crippen LogP contribution in [0.3, 0.4) is 0 Å². The van der Waals surface area contributed by atoms with Crippen molar-refractivity contribution >= 4 is 34.8 Å². The molecular weight excluding hydrogens is 248 g/mol. The van der Waals surface area contributed by atoms with E-state index in [0.29, 0.717) is 10.6 Å². The van der Waals surface area contributed by atoms with Crippen molar-refractivity contribution < 1.29 is 4.79 Å². The molecular formula is C14H11ClN2O. The van der Waals surface area contributed by atoms with Crippen LogP contribution in [-0.4, -0.2) is 10.9 Å². The van der Waals surface area contributed by atoms with Gasteiger partial charge < -0.3 is 10.3 Å². The number of nitrogens with one attached hydrogen (secondary N) is 2. The number of carbonyl (C=O) groups excluding carboxylic acids is 1. The standard InChI is InChI=1S/C14H11ClN2O/c1-8-4-5-16-13(8)7-11-10-6-9(15)2-3-12(10)17-14(11)18/h2-7,16H,1H3,(H,17,18). The first-order chi connectivity index (χ1) is 8.65. The number of aromatic nitrogens is 1. The van der Waals surface area contributed by atoms with E-state index >= 15 is 0 Å². The van der Waals surface area contributed by atoms with E-state index in [4.69, 9.17) is 11.6 Å². The Morgan fingerprint density at radius 1 is 1.28 bits per heavy atom. The van der Waals surface area contributed by atoms with E-state index in [-0.39, 0.29) is 5.91 Å². The zero-order valence-corrected chi connectivity index (χ0v) is 10.5. The van der Waals surface area contributed by atoms with Gasteiger partial charge in [-0.2, -0.15) is 0 Å². The maximum Gasteiger partial charge on any atom is 0.256 e. The van der Waals surface area contributed by atoms with E-state index in [1.165, 1.54) is 0 Å². The highest BCUT2D eigenvalue weighted by Gasteiger charge is 2.24. The van der Waals surface area contributed by atoms with Crippen LogP contribution in [0, 0.1) is 6.92 Å². The van der Waals surface area contributed by atoms with E-state index < -0.39 is 0 Å². The molecule has 1 amide bonds. The van der Waals surface area contributed by atoms with Crippen LogP contribution in [0.2, 0.25) is 5.02 Å². The third-order valence-corrected chi connectivity index (χ3v) is 3.29. The molecule has 3 rings (SSSR count). The summed E-state index contributed by atoms with van der Waals surface area (Å²) in [6, 6.07) is 7.36. The first-order valence-electron chi connectivity index (χ1n) is 5.62. The molecule has 0 atom stereocenters. The summed E-state index contributed by atoms with van der Waals surface area (Å²) in [4.78, 5) is 15.1. The van der Waals surface area contributed by atoms with Crippen LogP contribution in [0.25, 0.3) is 11.6 Å². The SMILES string of the molecule is Cc1cc[nH]c1C=C1C(=O)Nc2ccc(Cl)cc21. The van der Waals surface area contributed by atoms with E-state index in [9.17, 15) is 4.79 Å². The molecule has 1 aromatic carbocycles. The Morgan fingerprint density at radius 2 is 2.11 bits per heavy atom. The largest absolute Gasteiger partial charge is 0.361 e. The fourth-order valence-electron chi connectivity index (χ4n) is 2.06. The van der Waals surface area contributed by atoms with Gasteiger partial charge in [0, 0.05) is 28.2 Å². The molecule has 0 unspecified atom stereocenters. The first-order valence-corrected chi connectivity index (χ1v) is 6.00. The van der Waals surface area contributed by atoms with Crippen molar-refractivity contribution in [2.75, 3.05) is 5.32 Å². The molecule has 2 aromatic rings. The Kier molecular flexibility index (Phi) is 2.49. The third kappa shape index (κ3) is 1.73. The lowest BCUT2D eigenvalue weighted by Gasteiger charge is -1.99. The monoisotopic (exact) mass is 258 g/mol. The van der Waals surface area contributed by atoms with Crippen LogP contribution in [0.15, 0.2) is 30.5 Å². The zero-order valence-electron chi connectivity index (χ0n) is 9.75. The summed E-state index contributed by atoms with van der Waals surface area (Å²) in [6.07, 6.45) is 3.71. The molecule has 3 nitrogen and oxygen atoms in total. The summed E-state index contributed by atoms with van der Waals surface area (Å²) in [5.74, 6) is -0.0960. The number of aromatic amines is 1. The number of rotatable bonds is 1. The molecule has 0 fully saturated rings. The number of H-pyrrole nitrogens is 1. The number of benzene rings is 1. The van der Waals surface area contributed by atoms with E-state index in [0.717, 1.165) is 22.5 Å². The molecule has 0 saturated heterocycles. The van der Waals surface area contributed by atoms with Crippen molar-refractivity contribution in [2.45, 2.75) is 6.92 Å². The lowest BCUT2D eigenvalue weighted by atomic mass is 10.1. The molecule has 0 aliphatic carbocycles. The fraction of sp³-hybridized carbons (Fsp3) is 0.0714. The highest BCUT2D eigenvalue weighted by Crippen LogP contribution is 2.34. The van der Waals surface area contributed by atoms with Crippen molar-refractivity contribution in [3.63, 3.8) is 0 Å². The highest BCUT2D eigenvalue weighted by molar-refractivity contribution is 6.36. The second-order valence-electron chi connectivity index (χ2n) is 4.28. The normalized spacial score (nSPS) is 15.9. The maximum absolute atomic E-state index is 11.9. The summed E-state index contributed by atoms with van der Waals surface area (Å²) < 4.78 is 0. The van der Waals surface area contributed by atoms with Gasteiger partial charge in [-0.05, 0) is 42.8 Å². The number of halogens is 1. The van der Waals surface area contributed by atoms with Gasteiger partial charge in [0.2, 0.25) is 0 Å². The Balaban J connectivity index is 2.14. The smallest absolute Gasteiger partial charge is 0.256 e. The van der Waals surface area contributed by atoms with Gasteiger partial charge >= 0.3 is 0 Å². The fourth-order valence-corrected chi connectivity index (χ4v) is 2.24.